The van der Waals surface area contributed by atoms with Crippen LogP contribution in [0.1, 0.15) is 30.1 Å². The fourth-order valence-corrected chi connectivity index (χ4v) is 1.63. The Kier molecular flexibility index (Phi) is 4.26. The van der Waals surface area contributed by atoms with Gasteiger partial charge in [0.15, 0.2) is 0 Å². The van der Waals surface area contributed by atoms with Crippen molar-refractivity contribution >= 4 is 17.6 Å². The molecule has 0 spiro atoms. The van der Waals surface area contributed by atoms with Gasteiger partial charge in [0.1, 0.15) is 5.82 Å². The fraction of sp³-hybridized carbons (Fsp3) is 0.364. The van der Waals surface area contributed by atoms with Gasteiger partial charge in [0.2, 0.25) is 0 Å². The number of benzene rings is 1. The standard InChI is InChI=1S/C11H12ClFO3/c1-6-4-7(8(12)5-9(6)13)10(14)2-3-11(15)16/h4-5,10,14H,2-3H2,1H3,(H,15,16). The van der Waals surface area contributed by atoms with Crippen LogP contribution in [0.4, 0.5) is 4.39 Å². The maximum atomic E-state index is 13.1. The van der Waals surface area contributed by atoms with E-state index in [0.717, 1.165) is 6.07 Å². The van der Waals surface area contributed by atoms with Crippen molar-refractivity contribution in [1.29, 1.82) is 0 Å². The van der Waals surface area contributed by atoms with E-state index in [-0.39, 0.29) is 17.9 Å². The van der Waals surface area contributed by atoms with Gasteiger partial charge in [0.25, 0.3) is 0 Å². The molecular formula is C11H12ClFO3. The number of carbonyl (C=O) groups is 1. The summed E-state index contributed by atoms with van der Waals surface area (Å²) in [7, 11) is 0. The predicted octanol–water partition coefficient (Wildman–Crippen LogP) is 2.69. The van der Waals surface area contributed by atoms with Gasteiger partial charge < -0.3 is 10.2 Å². The summed E-state index contributed by atoms with van der Waals surface area (Å²) in [4.78, 5) is 10.3. The van der Waals surface area contributed by atoms with E-state index in [4.69, 9.17) is 16.7 Å². The van der Waals surface area contributed by atoms with Crippen molar-refractivity contribution in [3.05, 3.63) is 34.1 Å². The number of carboxylic acids is 1. The van der Waals surface area contributed by atoms with Crippen LogP contribution in [0, 0.1) is 12.7 Å². The van der Waals surface area contributed by atoms with Gasteiger partial charge in [-0.2, -0.15) is 0 Å². The number of halogens is 2. The second kappa shape index (κ2) is 5.27. The average Bonchev–Trinajstić information content (AvgIpc) is 2.20. The van der Waals surface area contributed by atoms with Crippen molar-refractivity contribution in [3.8, 4) is 0 Å². The predicted molar refractivity (Wildman–Crippen MR) is 58.0 cm³/mol. The van der Waals surface area contributed by atoms with Gasteiger partial charge in [-0.15, -0.1) is 0 Å². The molecule has 88 valence electrons. The van der Waals surface area contributed by atoms with E-state index >= 15 is 0 Å². The van der Waals surface area contributed by atoms with Crippen LogP contribution < -0.4 is 0 Å². The zero-order valence-electron chi connectivity index (χ0n) is 8.70. The Morgan fingerprint density at radius 3 is 2.75 bits per heavy atom. The van der Waals surface area contributed by atoms with Crippen molar-refractivity contribution < 1.29 is 19.4 Å². The number of aryl methyl sites for hydroxylation is 1. The second-order valence-electron chi connectivity index (χ2n) is 3.57. The third kappa shape index (κ3) is 3.18. The van der Waals surface area contributed by atoms with Crippen LogP contribution in [0.5, 0.6) is 0 Å². The van der Waals surface area contributed by atoms with E-state index in [2.05, 4.69) is 0 Å². The molecule has 0 saturated heterocycles. The topological polar surface area (TPSA) is 57.5 Å². The first kappa shape index (κ1) is 12.9. The number of aliphatic carboxylic acids is 1. The summed E-state index contributed by atoms with van der Waals surface area (Å²) < 4.78 is 13.1. The monoisotopic (exact) mass is 246 g/mol. The molecule has 0 heterocycles. The third-order valence-corrected chi connectivity index (χ3v) is 2.60. The van der Waals surface area contributed by atoms with Crippen molar-refractivity contribution in [1.82, 2.24) is 0 Å². The Balaban J connectivity index is 2.86. The normalized spacial score (nSPS) is 12.5. The second-order valence-corrected chi connectivity index (χ2v) is 3.98. The Morgan fingerprint density at radius 2 is 2.19 bits per heavy atom. The van der Waals surface area contributed by atoms with Crippen molar-refractivity contribution in [2.75, 3.05) is 0 Å². The van der Waals surface area contributed by atoms with Crippen LogP contribution >= 0.6 is 11.6 Å². The lowest BCUT2D eigenvalue weighted by atomic mass is 10.0. The summed E-state index contributed by atoms with van der Waals surface area (Å²) >= 11 is 5.76. The summed E-state index contributed by atoms with van der Waals surface area (Å²) in [5.41, 5.74) is 0.732. The first-order valence-corrected chi connectivity index (χ1v) is 5.15. The van der Waals surface area contributed by atoms with Crippen molar-refractivity contribution in [2.45, 2.75) is 25.9 Å². The van der Waals surface area contributed by atoms with E-state index in [1.54, 1.807) is 6.92 Å². The highest BCUT2D eigenvalue weighted by molar-refractivity contribution is 6.31. The molecule has 0 saturated carbocycles. The van der Waals surface area contributed by atoms with E-state index in [1.165, 1.54) is 6.07 Å². The number of hydrogen-bond acceptors (Lipinski definition) is 2. The van der Waals surface area contributed by atoms with Crippen LogP contribution in [-0.2, 0) is 4.79 Å². The Bertz CT molecular complexity index is 406. The zero-order chi connectivity index (χ0) is 12.3. The van der Waals surface area contributed by atoms with Gasteiger partial charge in [-0.1, -0.05) is 11.6 Å². The molecular weight excluding hydrogens is 235 g/mol. The third-order valence-electron chi connectivity index (χ3n) is 2.27. The lowest BCUT2D eigenvalue weighted by Gasteiger charge is -2.12. The summed E-state index contributed by atoms with van der Waals surface area (Å²) in [6.07, 6.45) is -1.09. The summed E-state index contributed by atoms with van der Waals surface area (Å²) in [5, 5.41) is 18.3. The van der Waals surface area contributed by atoms with E-state index in [9.17, 15) is 14.3 Å². The molecule has 0 aliphatic heterocycles. The highest BCUT2D eigenvalue weighted by Gasteiger charge is 2.15. The minimum Gasteiger partial charge on any atom is -0.481 e. The van der Waals surface area contributed by atoms with Crippen LogP contribution in [0.3, 0.4) is 0 Å². The SMILES string of the molecule is Cc1cc(C(O)CCC(=O)O)c(Cl)cc1F. The van der Waals surface area contributed by atoms with Gasteiger partial charge in [-0.25, -0.2) is 4.39 Å². The summed E-state index contributed by atoms with van der Waals surface area (Å²) in [6, 6.07) is 2.56. The highest BCUT2D eigenvalue weighted by atomic mass is 35.5. The van der Waals surface area contributed by atoms with E-state index < -0.39 is 17.9 Å². The zero-order valence-corrected chi connectivity index (χ0v) is 9.46. The molecule has 1 aromatic carbocycles. The first-order valence-electron chi connectivity index (χ1n) is 4.77. The summed E-state index contributed by atoms with van der Waals surface area (Å²) in [6.45, 7) is 1.55. The van der Waals surface area contributed by atoms with Gasteiger partial charge in [0.05, 0.1) is 6.10 Å². The van der Waals surface area contributed by atoms with Crippen molar-refractivity contribution in [2.24, 2.45) is 0 Å². The van der Waals surface area contributed by atoms with E-state index in [1.807, 2.05) is 0 Å². The minimum absolute atomic E-state index is 0.0557. The van der Waals surface area contributed by atoms with Crippen LogP contribution in [0.25, 0.3) is 0 Å². The molecule has 16 heavy (non-hydrogen) atoms. The highest BCUT2D eigenvalue weighted by Crippen LogP contribution is 2.28. The Hall–Kier alpha value is -1.13. The van der Waals surface area contributed by atoms with Crippen LogP contribution in [-0.4, -0.2) is 16.2 Å². The Labute approximate surface area is 97.5 Å². The molecule has 2 N–H and O–H groups in total. The minimum atomic E-state index is -0.992. The molecule has 0 aliphatic rings. The molecule has 1 atom stereocenters. The van der Waals surface area contributed by atoms with Gasteiger partial charge in [-0.3, -0.25) is 4.79 Å². The number of rotatable bonds is 4. The number of aliphatic hydroxyl groups is 1. The van der Waals surface area contributed by atoms with Crippen LogP contribution in [0.15, 0.2) is 12.1 Å². The fourth-order valence-electron chi connectivity index (χ4n) is 1.35. The molecule has 0 bridgehead atoms. The van der Waals surface area contributed by atoms with E-state index in [0.29, 0.717) is 11.1 Å². The summed E-state index contributed by atoms with van der Waals surface area (Å²) in [5.74, 6) is -1.44. The first-order chi connectivity index (χ1) is 7.41. The van der Waals surface area contributed by atoms with Crippen molar-refractivity contribution in [3.63, 3.8) is 0 Å². The molecule has 0 fully saturated rings. The lowest BCUT2D eigenvalue weighted by molar-refractivity contribution is -0.137. The molecule has 0 amide bonds. The molecule has 0 radical (unpaired) electrons. The smallest absolute Gasteiger partial charge is 0.303 e. The molecule has 0 aromatic heterocycles. The quantitative estimate of drug-likeness (QED) is 0.859. The number of hydrogen-bond donors (Lipinski definition) is 2. The maximum Gasteiger partial charge on any atom is 0.303 e. The van der Waals surface area contributed by atoms with Gasteiger partial charge in [-0.05, 0) is 36.6 Å². The molecule has 1 rings (SSSR count). The molecule has 1 unspecified atom stereocenters. The average molecular weight is 247 g/mol. The Morgan fingerprint density at radius 1 is 1.56 bits per heavy atom. The lowest BCUT2D eigenvalue weighted by Crippen LogP contribution is -2.04. The van der Waals surface area contributed by atoms with Gasteiger partial charge in [0, 0.05) is 11.4 Å². The number of carboxylic acid groups (broad SMARTS) is 1. The number of aliphatic hydroxyl groups excluding tert-OH is 1. The maximum absolute atomic E-state index is 13.1. The van der Waals surface area contributed by atoms with Gasteiger partial charge >= 0.3 is 5.97 Å². The molecule has 1 aromatic rings. The van der Waals surface area contributed by atoms with Crippen LogP contribution in [0.2, 0.25) is 5.02 Å². The molecule has 0 aliphatic carbocycles. The largest absolute Gasteiger partial charge is 0.481 e. The molecule has 3 nitrogen and oxygen atoms in total. The molecule has 5 heteroatoms.